The van der Waals surface area contributed by atoms with Gasteiger partial charge in [0.05, 0.1) is 0 Å². The van der Waals surface area contributed by atoms with E-state index in [1.807, 2.05) is 6.92 Å². The molecule has 1 fully saturated rings. The molecule has 1 aliphatic carbocycles. The van der Waals surface area contributed by atoms with Gasteiger partial charge in [-0.3, -0.25) is 0 Å². The standard InChI is InChI=1S/C8H14F2/c1-2-3-4-8(5-6-8)7(9)10/h7H,2-6H2,1H3. The maximum absolute atomic E-state index is 12.2. The predicted octanol–water partition coefficient (Wildman–Crippen LogP) is 3.22. The van der Waals surface area contributed by atoms with Crippen molar-refractivity contribution in [2.45, 2.75) is 45.5 Å². The van der Waals surface area contributed by atoms with E-state index in [1.165, 1.54) is 0 Å². The van der Waals surface area contributed by atoms with Crippen LogP contribution in [-0.2, 0) is 0 Å². The summed E-state index contributed by atoms with van der Waals surface area (Å²) in [7, 11) is 0. The minimum absolute atomic E-state index is 0.532. The third kappa shape index (κ3) is 1.47. The van der Waals surface area contributed by atoms with E-state index in [0.29, 0.717) is 0 Å². The molecule has 1 aliphatic rings. The van der Waals surface area contributed by atoms with Crippen LogP contribution in [0, 0.1) is 5.41 Å². The number of hydrogen-bond acceptors (Lipinski definition) is 0. The van der Waals surface area contributed by atoms with Crippen LogP contribution in [-0.4, -0.2) is 6.43 Å². The average molecular weight is 148 g/mol. The van der Waals surface area contributed by atoms with Crippen molar-refractivity contribution in [1.82, 2.24) is 0 Å². The predicted molar refractivity (Wildman–Crippen MR) is 37.2 cm³/mol. The summed E-state index contributed by atoms with van der Waals surface area (Å²) in [5.74, 6) is 0. The van der Waals surface area contributed by atoms with Crippen LogP contribution in [0.4, 0.5) is 8.78 Å². The first-order valence-electron chi connectivity index (χ1n) is 3.99. The van der Waals surface area contributed by atoms with Crippen molar-refractivity contribution in [3.63, 3.8) is 0 Å². The molecule has 0 saturated heterocycles. The Hall–Kier alpha value is -0.140. The molecule has 0 aromatic heterocycles. The van der Waals surface area contributed by atoms with Gasteiger partial charge < -0.3 is 0 Å². The smallest absolute Gasteiger partial charge is 0.210 e. The molecular weight excluding hydrogens is 134 g/mol. The Morgan fingerprint density at radius 1 is 1.40 bits per heavy atom. The summed E-state index contributed by atoms with van der Waals surface area (Å²) in [6.45, 7) is 2.04. The van der Waals surface area contributed by atoms with E-state index in [1.54, 1.807) is 0 Å². The van der Waals surface area contributed by atoms with Crippen LogP contribution in [0.25, 0.3) is 0 Å². The van der Waals surface area contributed by atoms with Gasteiger partial charge in [0.1, 0.15) is 0 Å². The molecule has 0 aliphatic heterocycles. The summed E-state index contributed by atoms with van der Waals surface area (Å²) in [6.07, 6.45) is 2.18. The minimum Gasteiger partial charge on any atom is -0.210 e. The van der Waals surface area contributed by atoms with E-state index in [4.69, 9.17) is 0 Å². The van der Waals surface area contributed by atoms with Crippen molar-refractivity contribution in [3.8, 4) is 0 Å². The second kappa shape index (κ2) is 2.85. The molecule has 0 radical (unpaired) electrons. The second-order valence-corrected chi connectivity index (χ2v) is 3.27. The monoisotopic (exact) mass is 148 g/mol. The number of alkyl halides is 2. The highest BCUT2D eigenvalue weighted by molar-refractivity contribution is 4.94. The first-order chi connectivity index (χ1) is 4.71. The topological polar surface area (TPSA) is 0 Å². The molecule has 1 saturated carbocycles. The van der Waals surface area contributed by atoms with Crippen molar-refractivity contribution in [2.24, 2.45) is 5.41 Å². The van der Waals surface area contributed by atoms with Crippen LogP contribution in [0.1, 0.15) is 39.0 Å². The van der Waals surface area contributed by atoms with E-state index in [9.17, 15) is 8.78 Å². The van der Waals surface area contributed by atoms with Crippen LogP contribution in [0.2, 0.25) is 0 Å². The summed E-state index contributed by atoms with van der Waals surface area (Å²) in [4.78, 5) is 0. The largest absolute Gasteiger partial charge is 0.244 e. The van der Waals surface area contributed by atoms with Gasteiger partial charge in [0.25, 0.3) is 0 Å². The van der Waals surface area contributed by atoms with E-state index in [0.717, 1.165) is 32.1 Å². The first kappa shape index (κ1) is 7.96. The third-order valence-corrected chi connectivity index (χ3v) is 2.38. The fourth-order valence-corrected chi connectivity index (χ4v) is 1.27. The quantitative estimate of drug-likeness (QED) is 0.574. The van der Waals surface area contributed by atoms with E-state index in [-0.39, 0.29) is 0 Å². The molecule has 0 aromatic carbocycles. The summed E-state index contributed by atoms with van der Waals surface area (Å²) in [5.41, 5.74) is -0.532. The zero-order chi connectivity index (χ0) is 7.61. The van der Waals surface area contributed by atoms with Gasteiger partial charge in [-0.2, -0.15) is 0 Å². The summed E-state index contributed by atoms with van der Waals surface area (Å²) >= 11 is 0. The van der Waals surface area contributed by atoms with Crippen LogP contribution < -0.4 is 0 Å². The van der Waals surface area contributed by atoms with Gasteiger partial charge in [-0.05, 0) is 19.3 Å². The van der Waals surface area contributed by atoms with E-state index >= 15 is 0 Å². The highest BCUT2D eigenvalue weighted by Crippen LogP contribution is 2.54. The SMILES string of the molecule is CCCCC1(C(F)F)CC1. The fourth-order valence-electron chi connectivity index (χ4n) is 1.27. The lowest BCUT2D eigenvalue weighted by molar-refractivity contribution is 0.0551. The summed E-state index contributed by atoms with van der Waals surface area (Å²) in [5, 5.41) is 0. The van der Waals surface area contributed by atoms with E-state index in [2.05, 4.69) is 0 Å². The summed E-state index contributed by atoms with van der Waals surface area (Å²) in [6, 6.07) is 0. The Balaban J connectivity index is 2.24. The average Bonchev–Trinajstić information content (AvgIpc) is 2.64. The normalized spacial score (nSPS) is 21.6. The van der Waals surface area contributed by atoms with Crippen molar-refractivity contribution in [2.75, 3.05) is 0 Å². The molecule has 60 valence electrons. The van der Waals surface area contributed by atoms with Crippen LogP contribution in [0.3, 0.4) is 0 Å². The van der Waals surface area contributed by atoms with Gasteiger partial charge >= 0.3 is 0 Å². The Bertz CT molecular complexity index is 106. The van der Waals surface area contributed by atoms with Crippen LogP contribution >= 0.6 is 0 Å². The zero-order valence-corrected chi connectivity index (χ0v) is 6.37. The van der Waals surface area contributed by atoms with Gasteiger partial charge in [-0.25, -0.2) is 8.78 Å². The van der Waals surface area contributed by atoms with Crippen molar-refractivity contribution in [3.05, 3.63) is 0 Å². The molecule has 0 nitrogen and oxygen atoms in total. The van der Waals surface area contributed by atoms with Gasteiger partial charge in [0, 0.05) is 5.41 Å². The van der Waals surface area contributed by atoms with E-state index < -0.39 is 11.8 Å². The molecule has 2 heteroatoms. The van der Waals surface area contributed by atoms with Gasteiger partial charge in [-0.1, -0.05) is 19.8 Å². The first-order valence-corrected chi connectivity index (χ1v) is 3.99. The Morgan fingerprint density at radius 2 is 2.00 bits per heavy atom. The minimum atomic E-state index is -2.07. The number of hydrogen-bond donors (Lipinski definition) is 0. The molecule has 0 N–H and O–H groups in total. The molecule has 0 aromatic rings. The molecule has 10 heavy (non-hydrogen) atoms. The van der Waals surface area contributed by atoms with Crippen LogP contribution in [0.15, 0.2) is 0 Å². The second-order valence-electron chi connectivity index (χ2n) is 3.27. The molecule has 0 spiro atoms. The summed E-state index contributed by atoms with van der Waals surface area (Å²) < 4.78 is 24.4. The highest BCUT2D eigenvalue weighted by Gasteiger charge is 2.49. The maximum Gasteiger partial charge on any atom is 0.244 e. The lowest BCUT2D eigenvalue weighted by Crippen LogP contribution is -2.11. The molecule has 0 bridgehead atoms. The highest BCUT2D eigenvalue weighted by atomic mass is 19.3. The number of rotatable bonds is 4. The van der Waals surface area contributed by atoms with Crippen LogP contribution in [0.5, 0.6) is 0 Å². The Kier molecular flexibility index (Phi) is 2.27. The Labute approximate surface area is 60.6 Å². The van der Waals surface area contributed by atoms with Gasteiger partial charge in [0.15, 0.2) is 0 Å². The molecule has 0 unspecified atom stereocenters. The number of unbranched alkanes of at least 4 members (excludes halogenated alkanes) is 1. The van der Waals surface area contributed by atoms with Crippen molar-refractivity contribution < 1.29 is 8.78 Å². The van der Waals surface area contributed by atoms with Gasteiger partial charge in [0.2, 0.25) is 6.43 Å². The van der Waals surface area contributed by atoms with Crippen molar-refractivity contribution >= 4 is 0 Å². The zero-order valence-electron chi connectivity index (χ0n) is 6.37. The van der Waals surface area contributed by atoms with Gasteiger partial charge in [-0.15, -0.1) is 0 Å². The van der Waals surface area contributed by atoms with Crippen molar-refractivity contribution in [1.29, 1.82) is 0 Å². The lowest BCUT2D eigenvalue weighted by atomic mass is 10.0. The molecule has 1 rings (SSSR count). The molecule has 0 amide bonds. The molecular formula is C8H14F2. The fraction of sp³-hybridized carbons (Fsp3) is 1.00. The maximum atomic E-state index is 12.2. The molecule has 0 heterocycles. The number of halogens is 2. The Morgan fingerprint density at radius 3 is 2.30 bits per heavy atom. The lowest BCUT2D eigenvalue weighted by Gasteiger charge is -2.11. The third-order valence-electron chi connectivity index (χ3n) is 2.38. The molecule has 0 atom stereocenters.